The van der Waals surface area contributed by atoms with Crippen LogP contribution in [-0.4, -0.2) is 24.8 Å². The van der Waals surface area contributed by atoms with Gasteiger partial charge in [0.1, 0.15) is 0 Å². The molecular formula is C16H29NO. The van der Waals surface area contributed by atoms with Gasteiger partial charge < -0.3 is 10.1 Å². The van der Waals surface area contributed by atoms with Crippen molar-refractivity contribution in [2.75, 3.05) is 13.2 Å². The van der Waals surface area contributed by atoms with Crippen LogP contribution in [0.2, 0.25) is 0 Å². The maximum atomic E-state index is 6.22. The topological polar surface area (TPSA) is 21.3 Å². The summed E-state index contributed by atoms with van der Waals surface area (Å²) < 4.78 is 6.22. The van der Waals surface area contributed by atoms with Gasteiger partial charge in [0.05, 0.1) is 5.60 Å². The molecule has 1 spiro atoms. The molecule has 2 saturated heterocycles. The van der Waals surface area contributed by atoms with Crippen LogP contribution in [-0.2, 0) is 4.74 Å². The first-order valence-electron chi connectivity index (χ1n) is 8.15. The summed E-state index contributed by atoms with van der Waals surface area (Å²) >= 11 is 0. The summed E-state index contributed by atoms with van der Waals surface area (Å²) in [6.07, 6.45) is 12.3. The van der Waals surface area contributed by atoms with Crippen molar-refractivity contribution in [3.63, 3.8) is 0 Å². The molecule has 2 aliphatic heterocycles. The maximum Gasteiger partial charge on any atom is 0.0685 e. The Balaban J connectivity index is 1.59. The van der Waals surface area contributed by atoms with E-state index in [0.717, 1.165) is 24.5 Å². The fourth-order valence-electron chi connectivity index (χ4n) is 4.38. The maximum absolute atomic E-state index is 6.22. The van der Waals surface area contributed by atoms with Gasteiger partial charge in [0.25, 0.3) is 0 Å². The molecule has 0 aromatic heterocycles. The number of ether oxygens (including phenoxy) is 1. The van der Waals surface area contributed by atoms with Gasteiger partial charge >= 0.3 is 0 Å². The van der Waals surface area contributed by atoms with E-state index in [1.807, 2.05) is 0 Å². The van der Waals surface area contributed by atoms with Crippen molar-refractivity contribution in [3.05, 3.63) is 0 Å². The van der Waals surface area contributed by atoms with Crippen LogP contribution in [0.3, 0.4) is 0 Å². The normalized spacial score (nSPS) is 40.8. The van der Waals surface area contributed by atoms with Crippen molar-refractivity contribution in [1.29, 1.82) is 0 Å². The van der Waals surface area contributed by atoms with Crippen LogP contribution in [0.4, 0.5) is 0 Å². The Morgan fingerprint density at radius 2 is 1.89 bits per heavy atom. The minimum atomic E-state index is 0.284. The second-order valence-electron chi connectivity index (χ2n) is 7.04. The van der Waals surface area contributed by atoms with Crippen molar-refractivity contribution in [2.45, 2.75) is 76.4 Å². The van der Waals surface area contributed by atoms with Crippen LogP contribution in [0.5, 0.6) is 0 Å². The van der Waals surface area contributed by atoms with Crippen molar-refractivity contribution < 1.29 is 4.74 Å². The molecule has 18 heavy (non-hydrogen) atoms. The van der Waals surface area contributed by atoms with Crippen LogP contribution < -0.4 is 5.32 Å². The lowest BCUT2D eigenvalue weighted by molar-refractivity contribution is -0.123. The first-order chi connectivity index (χ1) is 8.77. The summed E-state index contributed by atoms with van der Waals surface area (Å²) in [5.41, 5.74) is 0.284. The first kappa shape index (κ1) is 12.9. The molecule has 3 atom stereocenters. The van der Waals surface area contributed by atoms with E-state index >= 15 is 0 Å². The molecule has 3 unspecified atom stereocenters. The van der Waals surface area contributed by atoms with E-state index in [9.17, 15) is 0 Å². The highest BCUT2D eigenvalue weighted by Crippen LogP contribution is 2.42. The van der Waals surface area contributed by atoms with Crippen molar-refractivity contribution in [1.82, 2.24) is 5.32 Å². The lowest BCUT2D eigenvalue weighted by atomic mass is 9.72. The molecule has 0 bridgehead atoms. The van der Waals surface area contributed by atoms with E-state index < -0.39 is 0 Å². The molecule has 3 rings (SSSR count). The summed E-state index contributed by atoms with van der Waals surface area (Å²) in [6.45, 7) is 4.61. The van der Waals surface area contributed by atoms with Crippen LogP contribution >= 0.6 is 0 Å². The highest BCUT2D eigenvalue weighted by molar-refractivity contribution is 4.94. The van der Waals surface area contributed by atoms with Gasteiger partial charge in [0, 0.05) is 12.6 Å². The number of nitrogens with one attached hydrogen (secondary N) is 1. The van der Waals surface area contributed by atoms with Gasteiger partial charge in [0.15, 0.2) is 0 Å². The SMILES string of the molecule is CC1CCC(C2CCOC3(CCCCC3)C2)NC1. The van der Waals surface area contributed by atoms with Gasteiger partial charge in [-0.15, -0.1) is 0 Å². The number of piperidine rings is 1. The zero-order valence-corrected chi connectivity index (χ0v) is 11.9. The van der Waals surface area contributed by atoms with Gasteiger partial charge in [-0.3, -0.25) is 0 Å². The summed E-state index contributed by atoms with van der Waals surface area (Å²) in [4.78, 5) is 0. The second-order valence-corrected chi connectivity index (χ2v) is 7.04. The zero-order chi connectivity index (χ0) is 12.4. The number of rotatable bonds is 1. The van der Waals surface area contributed by atoms with E-state index in [1.165, 1.54) is 64.3 Å². The second kappa shape index (κ2) is 5.50. The zero-order valence-electron chi connectivity index (χ0n) is 11.9. The quantitative estimate of drug-likeness (QED) is 0.770. The molecule has 3 fully saturated rings. The highest BCUT2D eigenvalue weighted by atomic mass is 16.5. The van der Waals surface area contributed by atoms with E-state index in [1.54, 1.807) is 0 Å². The van der Waals surface area contributed by atoms with Crippen LogP contribution in [0.15, 0.2) is 0 Å². The van der Waals surface area contributed by atoms with Gasteiger partial charge in [-0.05, 0) is 56.9 Å². The highest BCUT2D eigenvalue weighted by Gasteiger charge is 2.41. The third-order valence-corrected chi connectivity index (χ3v) is 5.56. The standard InChI is InChI=1S/C16H29NO/c1-13-5-6-15(17-12-13)14-7-10-18-16(11-14)8-3-2-4-9-16/h13-15,17H,2-12H2,1H3. The van der Waals surface area contributed by atoms with Gasteiger partial charge in [-0.25, -0.2) is 0 Å². The average Bonchev–Trinajstić information content (AvgIpc) is 2.40. The molecule has 2 nitrogen and oxygen atoms in total. The molecule has 1 saturated carbocycles. The predicted molar refractivity (Wildman–Crippen MR) is 74.7 cm³/mol. The van der Waals surface area contributed by atoms with E-state index in [4.69, 9.17) is 4.74 Å². The first-order valence-corrected chi connectivity index (χ1v) is 8.15. The van der Waals surface area contributed by atoms with Crippen LogP contribution in [0, 0.1) is 11.8 Å². The number of hydrogen-bond acceptors (Lipinski definition) is 2. The average molecular weight is 251 g/mol. The van der Waals surface area contributed by atoms with Gasteiger partial charge in [0.2, 0.25) is 0 Å². The van der Waals surface area contributed by atoms with Crippen molar-refractivity contribution >= 4 is 0 Å². The lowest BCUT2D eigenvalue weighted by Gasteiger charge is -2.46. The molecule has 0 aromatic carbocycles. The summed E-state index contributed by atoms with van der Waals surface area (Å²) in [6, 6.07) is 0.781. The Morgan fingerprint density at radius 3 is 2.61 bits per heavy atom. The Morgan fingerprint density at radius 1 is 1.06 bits per heavy atom. The molecule has 0 aromatic rings. The van der Waals surface area contributed by atoms with E-state index in [-0.39, 0.29) is 5.60 Å². The van der Waals surface area contributed by atoms with E-state index in [0.29, 0.717) is 0 Å². The smallest absolute Gasteiger partial charge is 0.0685 e. The van der Waals surface area contributed by atoms with E-state index in [2.05, 4.69) is 12.2 Å². The Hall–Kier alpha value is -0.0800. The molecule has 2 heteroatoms. The molecule has 2 heterocycles. The Labute approximate surface area is 112 Å². The summed E-state index contributed by atoms with van der Waals surface area (Å²) in [5, 5.41) is 3.81. The molecule has 1 N–H and O–H groups in total. The fraction of sp³-hybridized carbons (Fsp3) is 1.00. The minimum absolute atomic E-state index is 0.284. The number of hydrogen-bond donors (Lipinski definition) is 1. The van der Waals surface area contributed by atoms with Gasteiger partial charge in [-0.2, -0.15) is 0 Å². The fourth-order valence-corrected chi connectivity index (χ4v) is 4.38. The largest absolute Gasteiger partial charge is 0.375 e. The third kappa shape index (κ3) is 2.75. The summed E-state index contributed by atoms with van der Waals surface area (Å²) in [5.74, 6) is 1.76. The van der Waals surface area contributed by atoms with Crippen LogP contribution in [0.1, 0.15) is 64.7 Å². The molecule has 3 aliphatic rings. The predicted octanol–water partition coefficient (Wildman–Crippen LogP) is 3.50. The molecule has 1 aliphatic carbocycles. The molecular weight excluding hydrogens is 222 g/mol. The van der Waals surface area contributed by atoms with Crippen molar-refractivity contribution in [2.24, 2.45) is 11.8 Å². The van der Waals surface area contributed by atoms with Crippen molar-refractivity contribution in [3.8, 4) is 0 Å². The Bertz CT molecular complexity index is 259. The monoisotopic (exact) mass is 251 g/mol. The third-order valence-electron chi connectivity index (χ3n) is 5.56. The Kier molecular flexibility index (Phi) is 3.95. The minimum Gasteiger partial charge on any atom is -0.375 e. The lowest BCUT2D eigenvalue weighted by Crippen LogP contribution is -2.50. The van der Waals surface area contributed by atoms with Crippen LogP contribution in [0.25, 0.3) is 0 Å². The van der Waals surface area contributed by atoms with Gasteiger partial charge in [-0.1, -0.05) is 26.2 Å². The summed E-state index contributed by atoms with van der Waals surface area (Å²) in [7, 11) is 0. The molecule has 0 radical (unpaired) electrons. The molecule has 0 amide bonds. The molecule has 104 valence electrons.